The number of nitrogens with one attached hydrogen (secondary N) is 1. The molecule has 1 saturated heterocycles. The van der Waals surface area contributed by atoms with Gasteiger partial charge in [0.2, 0.25) is 5.91 Å². The van der Waals surface area contributed by atoms with E-state index in [2.05, 4.69) is 33.3 Å². The molecule has 7 heteroatoms. The second-order valence-corrected chi connectivity index (χ2v) is 9.48. The molecule has 1 saturated carbocycles. The molecule has 4 rings (SSSR count). The number of allylic oxidation sites excluding steroid dienone is 1. The van der Waals surface area contributed by atoms with Crippen LogP contribution in [0.1, 0.15) is 63.2 Å². The molecular weight excluding hydrogens is 392 g/mol. The second kappa shape index (κ2) is 10.6. The summed E-state index contributed by atoms with van der Waals surface area (Å²) in [6.45, 7) is 8.10. The van der Waals surface area contributed by atoms with Crippen molar-refractivity contribution in [2.75, 3.05) is 51.3 Å². The number of carbonyl (C=O) groups excluding carboxylic acids is 1. The molecule has 0 bridgehead atoms. The number of amides is 1. The molecular formula is C24H38N4O3. The van der Waals surface area contributed by atoms with Crippen molar-refractivity contribution >= 4 is 17.8 Å². The maximum atomic E-state index is 11.9. The Hall–Kier alpha value is -1.86. The smallest absolute Gasteiger partial charge is 0.222 e. The summed E-state index contributed by atoms with van der Waals surface area (Å²) in [6.07, 6.45) is 10.7. The van der Waals surface area contributed by atoms with Gasteiger partial charge in [0.1, 0.15) is 5.76 Å². The van der Waals surface area contributed by atoms with Crippen molar-refractivity contribution in [3.05, 3.63) is 16.9 Å². The fourth-order valence-electron chi connectivity index (χ4n) is 5.14. The van der Waals surface area contributed by atoms with Crippen LogP contribution in [0.4, 0.5) is 5.82 Å². The van der Waals surface area contributed by atoms with Gasteiger partial charge in [-0.2, -0.15) is 0 Å². The number of fused-ring (bicyclic) bond motifs is 1. The quantitative estimate of drug-likeness (QED) is 0.683. The molecule has 2 fully saturated rings. The van der Waals surface area contributed by atoms with Gasteiger partial charge in [0.05, 0.1) is 12.2 Å². The van der Waals surface area contributed by atoms with Gasteiger partial charge in [-0.15, -0.1) is 0 Å². The maximum absolute atomic E-state index is 11.9. The lowest BCUT2D eigenvalue weighted by atomic mass is 9.84. The molecule has 1 aliphatic heterocycles. The Morgan fingerprint density at radius 3 is 2.71 bits per heavy atom. The Labute approximate surface area is 186 Å². The van der Waals surface area contributed by atoms with E-state index in [0.717, 1.165) is 69.4 Å². The van der Waals surface area contributed by atoms with Crippen molar-refractivity contribution in [1.82, 2.24) is 15.4 Å². The van der Waals surface area contributed by atoms with E-state index in [4.69, 9.17) is 9.26 Å². The van der Waals surface area contributed by atoms with Gasteiger partial charge in [0, 0.05) is 52.2 Å². The lowest BCUT2D eigenvalue weighted by Crippen LogP contribution is -2.47. The summed E-state index contributed by atoms with van der Waals surface area (Å²) < 4.78 is 10.6. The van der Waals surface area contributed by atoms with Gasteiger partial charge in [-0.25, -0.2) is 0 Å². The average molecular weight is 431 g/mol. The number of ether oxygens (including phenoxy) is 1. The summed E-state index contributed by atoms with van der Waals surface area (Å²) in [7, 11) is 1.64. The van der Waals surface area contributed by atoms with E-state index in [1.165, 1.54) is 36.9 Å². The van der Waals surface area contributed by atoms with Crippen LogP contribution < -0.4 is 10.2 Å². The number of piperazine rings is 1. The molecule has 0 unspecified atom stereocenters. The van der Waals surface area contributed by atoms with Gasteiger partial charge in [-0.3, -0.25) is 9.69 Å². The highest BCUT2D eigenvalue weighted by atomic mass is 16.5. The summed E-state index contributed by atoms with van der Waals surface area (Å²) in [5.74, 6) is 3.01. The van der Waals surface area contributed by atoms with Crippen molar-refractivity contribution in [3.8, 4) is 0 Å². The summed E-state index contributed by atoms with van der Waals surface area (Å²) in [6, 6.07) is 0.357. The van der Waals surface area contributed by atoms with E-state index in [0.29, 0.717) is 19.1 Å². The fraction of sp³-hybridized carbons (Fsp3) is 0.750. The van der Waals surface area contributed by atoms with Crippen LogP contribution in [0.15, 0.2) is 10.1 Å². The first-order valence-electron chi connectivity index (χ1n) is 12.0. The molecule has 0 aromatic carbocycles. The van der Waals surface area contributed by atoms with Gasteiger partial charge in [0.15, 0.2) is 5.82 Å². The third kappa shape index (κ3) is 5.89. The van der Waals surface area contributed by atoms with Crippen molar-refractivity contribution in [2.45, 2.75) is 64.3 Å². The molecule has 1 amide bonds. The molecule has 31 heavy (non-hydrogen) atoms. The molecule has 0 spiro atoms. The monoisotopic (exact) mass is 430 g/mol. The highest BCUT2D eigenvalue weighted by molar-refractivity contribution is 5.76. The van der Waals surface area contributed by atoms with Crippen LogP contribution in [0.25, 0.3) is 6.08 Å². The Bertz CT molecular complexity index is 759. The van der Waals surface area contributed by atoms with Crippen LogP contribution in [-0.4, -0.2) is 68.4 Å². The third-order valence-corrected chi connectivity index (χ3v) is 7.19. The zero-order chi connectivity index (χ0) is 21.6. The van der Waals surface area contributed by atoms with E-state index in [9.17, 15) is 4.79 Å². The number of hydrogen-bond acceptors (Lipinski definition) is 6. The van der Waals surface area contributed by atoms with Crippen molar-refractivity contribution in [3.63, 3.8) is 0 Å². The molecule has 1 N–H and O–H groups in total. The Balaban J connectivity index is 1.15. The largest absolute Gasteiger partial charge is 0.384 e. The van der Waals surface area contributed by atoms with Crippen LogP contribution in [0.5, 0.6) is 0 Å². The first kappa shape index (κ1) is 22.3. The molecule has 0 radical (unpaired) electrons. The minimum absolute atomic E-state index is 0.127. The van der Waals surface area contributed by atoms with Crippen LogP contribution in [-0.2, 0) is 16.0 Å². The Kier molecular flexibility index (Phi) is 7.67. The second-order valence-electron chi connectivity index (χ2n) is 9.48. The SMILES string of the molecule is COCCC(=O)N[C@H]1CC[C@H](CCN2CCN(c3noc4c3C=C(C)CC4)CC2)CC1. The van der Waals surface area contributed by atoms with Gasteiger partial charge in [-0.1, -0.05) is 10.7 Å². The first-order chi connectivity index (χ1) is 15.1. The van der Waals surface area contributed by atoms with Crippen LogP contribution in [0.2, 0.25) is 0 Å². The number of methoxy groups -OCH3 is 1. The van der Waals surface area contributed by atoms with Gasteiger partial charge >= 0.3 is 0 Å². The minimum Gasteiger partial charge on any atom is -0.384 e. The first-order valence-corrected chi connectivity index (χ1v) is 12.0. The number of anilines is 1. The van der Waals surface area contributed by atoms with E-state index >= 15 is 0 Å². The molecule has 0 atom stereocenters. The topological polar surface area (TPSA) is 70.8 Å². The van der Waals surface area contributed by atoms with Gasteiger partial charge in [-0.05, 0) is 64.0 Å². The van der Waals surface area contributed by atoms with Gasteiger partial charge < -0.3 is 19.5 Å². The number of carbonyl (C=O) groups is 1. The lowest BCUT2D eigenvalue weighted by Gasteiger charge is -2.36. The maximum Gasteiger partial charge on any atom is 0.222 e. The third-order valence-electron chi connectivity index (χ3n) is 7.19. The van der Waals surface area contributed by atoms with Crippen molar-refractivity contribution < 1.29 is 14.1 Å². The summed E-state index contributed by atoms with van der Waals surface area (Å²) in [4.78, 5) is 16.9. The lowest BCUT2D eigenvalue weighted by molar-refractivity contribution is -0.122. The summed E-state index contributed by atoms with van der Waals surface area (Å²) >= 11 is 0. The fourth-order valence-corrected chi connectivity index (χ4v) is 5.14. The predicted molar refractivity (Wildman–Crippen MR) is 122 cm³/mol. The highest BCUT2D eigenvalue weighted by Crippen LogP contribution is 2.32. The standard InChI is InChI=1S/C24H38N4O3/c1-18-3-8-22-21(17-18)24(26-31-22)28-14-12-27(13-15-28)11-9-19-4-6-20(7-5-19)25-23(29)10-16-30-2/h17,19-20H,3-16H2,1-2H3,(H,25,29)/t19-,20-. The van der Waals surface area contributed by atoms with Crippen molar-refractivity contribution in [1.29, 1.82) is 0 Å². The van der Waals surface area contributed by atoms with E-state index in [1.807, 2.05) is 0 Å². The van der Waals surface area contributed by atoms with Crippen LogP contribution in [0.3, 0.4) is 0 Å². The predicted octanol–water partition coefficient (Wildman–Crippen LogP) is 3.25. The van der Waals surface area contributed by atoms with E-state index in [-0.39, 0.29) is 5.91 Å². The molecule has 3 aliphatic rings. The van der Waals surface area contributed by atoms with Crippen LogP contribution >= 0.6 is 0 Å². The molecule has 1 aromatic rings. The number of hydrogen-bond donors (Lipinski definition) is 1. The number of nitrogens with zero attached hydrogens (tertiary/aromatic N) is 3. The van der Waals surface area contributed by atoms with Crippen molar-refractivity contribution in [2.24, 2.45) is 5.92 Å². The zero-order valence-electron chi connectivity index (χ0n) is 19.2. The van der Waals surface area contributed by atoms with E-state index in [1.54, 1.807) is 7.11 Å². The molecule has 1 aromatic heterocycles. The normalized spacial score (nSPS) is 24.6. The minimum atomic E-state index is 0.127. The number of rotatable bonds is 8. The van der Waals surface area contributed by atoms with Crippen LogP contribution in [0, 0.1) is 5.92 Å². The highest BCUT2D eigenvalue weighted by Gasteiger charge is 2.27. The molecule has 2 aliphatic carbocycles. The molecule has 7 nitrogen and oxygen atoms in total. The number of aromatic nitrogens is 1. The Morgan fingerprint density at radius 2 is 1.97 bits per heavy atom. The van der Waals surface area contributed by atoms with Gasteiger partial charge in [0.25, 0.3) is 0 Å². The molecule has 172 valence electrons. The molecule has 2 heterocycles. The average Bonchev–Trinajstić information content (AvgIpc) is 3.20. The Morgan fingerprint density at radius 1 is 1.19 bits per heavy atom. The number of aryl methyl sites for hydroxylation is 1. The summed E-state index contributed by atoms with van der Waals surface area (Å²) in [5.41, 5.74) is 2.63. The summed E-state index contributed by atoms with van der Waals surface area (Å²) in [5, 5.41) is 7.56. The van der Waals surface area contributed by atoms with E-state index < -0.39 is 0 Å². The zero-order valence-corrected chi connectivity index (χ0v) is 19.2.